The number of rotatable bonds is 5. The van der Waals surface area contributed by atoms with E-state index in [9.17, 15) is 0 Å². The standard InChI is InChI=1S/C14H22BrN/c1-10(2)11(3)9-16-12(4)13-5-7-14(15)8-6-13/h5-8,10-12,16H,9H2,1-4H3. The molecule has 0 aliphatic heterocycles. The fraction of sp³-hybridized carbons (Fsp3) is 0.571. The Morgan fingerprint density at radius 1 is 1.06 bits per heavy atom. The van der Waals surface area contributed by atoms with Gasteiger partial charge >= 0.3 is 0 Å². The molecule has 0 aliphatic carbocycles. The third-order valence-corrected chi connectivity index (χ3v) is 3.78. The van der Waals surface area contributed by atoms with Crippen LogP contribution in [0.4, 0.5) is 0 Å². The Morgan fingerprint density at radius 3 is 2.12 bits per heavy atom. The zero-order chi connectivity index (χ0) is 12.1. The van der Waals surface area contributed by atoms with Crippen LogP contribution in [-0.4, -0.2) is 6.54 Å². The number of hydrogen-bond donors (Lipinski definition) is 1. The number of benzene rings is 1. The van der Waals surface area contributed by atoms with Crippen LogP contribution in [0.15, 0.2) is 28.7 Å². The molecule has 0 fully saturated rings. The fourth-order valence-electron chi connectivity index (χ4n) is 1.47. The van der Waals surface area contributed by atoms with Gasteiger partial charge in [-0.05, 0) is 43.0 Å². The molecule has 90 valence electrons. The summed E-state index contributed by atoms with van der Waals surface area (Å²) < 4.78 is 1.14. The largest absolute Gasteiger partial charge is 0.310 e. The molecule has 0 spiro atoms. The molecule has 0 amide bonds. The van der Waals surface area contributed by atoms with E-state index in [0.717, 1.165) is 22.9 Å². The smallest absolute Gasteiger partial charge is 0.0291 e. The molecule has 0 radical (unpaired) electrons. The molecule has 0 saturated carbocycles. The fourth-order valence-corrected chi connectivity index (χ4v) is 1.73. The van der Waals surface area contributed by atoms with Crippen molar-refractivity contribution in [2.75, 3.05) is 6.54 Å². The highest BCUT2D eigenvalue weighted by Crippen LogP contribution is 2.17. The van der Waals surface area contributed by atoms with Crippen molar-refractivity contribution in [2.24, 2.45) is 11.8 Å². The monoisotopic (exact) mass is 283 g/mol. The van der Waals surface area contributed by atoms with Crippen LogP contribution in [0, 0.1) is 11.8 Å². The van der Waals surface area contributed by atoms with E-state index in [2.05, 4.69) is 73.2 Å². The molecule has 1 rings (SSSR count). The molecule has 2 atom stereocenters. The molecule has 2 heteroatoms. The minimum Gasteiger partial charge on any atom is -0.310 e. The van der Waals surface area contributed by atoms with Crippen LogP contribution < -0.4 is 5.32 Å². The van der Waals surface area contributed by atoms with Crippen LogP contribution in [0.1, 0.15) is 39.3 Å². The molecule has 0 aliphatic rings. The van der Waals surface area contributed by atoms with Crippen LogP contribution in [0.3, 0.4) is 0 Å². The van der Waals surface area contributed by atoms with E-state index < -0.39 is 0 Å². The van der Waals surface area contributed by atoms with Crippen molar-refractivity contribution in [1.29, 1.82) is 0 Å². The molecule has 0 saturated heterocycles. The highest BCUT2D eigenvalue weighted by Gasteiger charge is 2.09. The van der Waals surface area contributed by atoms with Crippen LogP contribution in [-0.2, 0) is 0 Å². The second-order valence-electron chi connectivity index (χ2n) is 4.90. The lowest BCUT2D eigenvalue weighted by atomic mass is 9.97. The zero-order valence-corrected chi connectivity index (χ0v) is 12.2. The first kappa shape index (κ1) is 13.7. The lowest BCUT2D eigenvalue weighted by molar-refractivity contribution is 0.375. The van der Waals surface area contributed by atoms with Gasteiger partial charge in [0.2, 0.25) is 0 Å². The summed E-state index contributed by atoms with van der Waals surface area (Å²) in [5, 5.41) is 3.58. The Bertz CT molecular complexity index is 305. The highest BCUT2D eigenvalue weighted by molar-refractivity contribution is 9.10. The summed E-state index contributed by atoms with van der Waals surface area (Å²) in [5.41, 5.74) is 1.35. The van der Waals surface area contributed by atoms with Crippen molar-refractivity contribution in [3.05, 3.63) is 34.3 Å². The SMILES string of the molecule is CC(NCC(C)C(C)C)c1ccc(Br)cc1. The van der Waals surface area contributed by atoms with Crippen molar-refractivity contribution in [3.8, 4) is 0 Å². The molecule has 1 aromatic rings. The maximum Gasteiger partial charge on any atom is 0.0291 e. The topological polar surface area (TPSA) is 12.0 Å². The first-order valence-corrected chi connectivity index (χ1v) is 6.79. The average molecular weight is 284 g/mol. The van der Waals surface area contributed by atoms with Crippen molar-refractivity contribution in [1.82, 2.24) is 5.32 Å². The molecule has 1 N–H and O–H groups in total. The predicted molar refractivity (Wildman–Crippen MR) is 74.6 cm³/mol. The van der Waals surface area contributed by atoms with Crippen molar-refractivity contribution in [2.45, 2.75) is 33.7 Å². The first-order valence-electron chi connectivity index (χ1n) is 5.99. The average Bonchev–Trinajstić information content (AvgIpc) is 2.26. The van der Waals surface area contributed by atoms with Gasteiger partial charge in [0.05, 0.1) is 0 Å². The molecule has 1 nitrogen and oxygen atoms in total. The van der Waals surface area contributed by atoms with Crippen LogP contribution in [0.25, 0.3) is 0 Å². The van der Waals surface area contributed by atoms with Gasteiger partial charge in [0.1, 0.15) is 0 Å². The molecule has 0 aromatic heterocycles. The number of nitrogens with one attached hydrogen (secondary N) is 1. The highest BCUT2D eigenvalue weighted by atomic mass is 79.9. The third-order valence-electron chi connectivity index (χ3n) is 3.25. The van der Waals surface area contributed by atoms with Crippen molar-refractivity contribution in [3.63, 3.8) is 0 Å². The van der Waals surface area contributed by atoms with Gasteiger partial charge in [-0.25, -0.2) is 0 Å². The van der Waals surface area contributed by atoms with Crippen LogP contribution >= 0.6 is 15.9 Å². The maximum atomic E-state index is 3.58. The summed E-state index contributed by atoms with van der Waals surface area (Å²) >= 11 is 3.46. The van der Waals surface area contributed by atoms with E-state index in [-0.39, 0.29) is 0 Å². The molecule has 0 bridgehead atoms. The minimum absolute atomic E-state index is 0.425. The van der Waals surface area contributed by atoms with E-state index in [4.69, 9.17) is 0 Å². The van der Waals surface area contributed by atoms with Gasteiger partial charge in [-0.3, -0.25) is 0 Å². The second kappa shape index (κ2) is 6.41. The summed E-state index contributed by atoms with van der Waals surface area (Å²) in [6.45, 7) is 10.1. The minimum atomic E-state index is 0.425. The quantitative estimate of drug-likeness (QED) is 0.845. The van der Waals surface area contributed by atoms with Crippen molar-refractivity contribution < 1.29 is 0 Å². The molecule has 16 heavy (non-hydrogen) atoms. The Balaban J connectivity index is 2.46. The summed E-state index contributed by atoms with van der Waals surface area (Å²) in [6.07, 6.45) is 0. The maximum absolute atomic E-state index is 3.58. The molecule has 1 aromatic carbocycles. The van der Waals surface area contributed by atoms with Gasteiger partial charge < -0.3 is 5.32 Å². The summed E-state index contributed by atoms with van der Waals surface area (Å²) in [4.78, 5) is 0. The normalized spacial score (nSPS) is 15.1. The van der Waals surface area contributed by atoms with E-state index in [0.29, 0.717) is 6.04 Å². The van der Waals surface area contributed by atoms with E-state index >= 15 is 0 Å². The Morgan fingerprint density at radius 2 is 1.62 bits per heavy atom. The summed E-state index contributed by atoms with van der Waals surface area (Å²) in [5.74, 6) is 1.46. The van der Waals surface area contributed by atoms with Crippen LogP contribution in [0.5, 0.6) is 0 Å². The van der Waals surface area contributed by atoms with E-state index in [1.807, 2.05) is 0 Å². The lowest BCUT2D eigenvalue weighted by Crippen LogP contribution is -2.26. The Kier molecular flexibility index (Phi) is 5.50. The van der Waals surface area contributed by atoms with Gasteiger partial charge in [0, 0.05) is 10.5 Å². The Hall–Kier alpha value is -0.340. The molecule has 0 heterocycles. The molecule has 2 unspecified atom stereocenters. The lowest BCUT2D eigenvalue weighted by Gasteiger charge is -2.20. The Labute approximate surface area is 108 Å². The number of hydrogen-bond acceptors (Lipinski definition) is 1. The molecular formula is C14H22BrN. The summed E-state index contributed by atoms with van der Waals surface area (Å²) in [6, 6.07) is 8.96. The van der Waals surface area contributed by atoms with E-state index in [1.54, 1.807) is 0 Å². The van der Waals surface area contributed by atoms with Crippen molar-refractivity contribution >= 4 is 15.9 Å². The zero-order valence-electron chi connectivity index (χ0n) is 10.6. The predicted octanol–water partition coefficient (Wildman–Crippen LogP) is 4.39. The first-order chi connectivity index (χ1) is 7.50. The third kappa shape index (κ3) is 4.26. The van der Waals surface area contributed by atoms with Gasteiger partial charge in [0.25, 0.3) is 0 Å². The van der Waals surface area contributed by atoms with Gasteiger partial charge in [-0.15, -0.1) is 0 Å². The van der Waals surface area contributed by atoms with Gasteiger partial charge in [0.15, 0.2) is 0 Å². The molecular weight excluding hydrogens is 262 g/mol. The van der Waals surface area contributed by atoms with Crippen LogP contribution in [0.2, 0.25) is 0 Å². The van der Waals surface area contributed by atoms with Gasteiger partial charge in [-0.2, -0.15) is 0 Å². The van der Waals surface area contributed by atoms with E-state index in [1.165, 1.54) is 5.56 Å². The summed E-state index contributed by atoms with van der Waals surface area (Å²) in [7, 11) is 0. The van der Waals surface area contributed by atoms with Gasteiger partial charge in [-0.1, -0.05) is 48.8 Å². The second-order valence-corrected chi connectivity index (χ2v) is 5.82. The number of halogens is 1.